The number of fused-ring (bicyclic) bond motifs is 3. The van der Waals surface area contributed by atoms with E-state index in [9.17, 15) is 0 Å². The molecule has 4 aromatic rings. The third-order valence-corrected chi connectivity index (χ3v) is 3.96. The van der Waals surface area contributed by atoms with E-state index in [2.05, 4.69) is 15.2 Å². The highest BCUT2D eigenvalue weighted by Crippen LogP contribution is 2.29. The molecule has 0 spiro atoms. The van der Waals surface area contributed by atoms with E-state index < -0.39 is 0 Å². The number of hydrogen-bond donors (Lipinski definition) is 1. The number of halogens is 1. The highest BCUT2D eigenvalue weighted by molar-refractivity contribution is 6.33. The minimum Gasteiger partial charge on any atom is -0.399 e. The Morgan fingerprint density at radius 1 is 1.09 bits per heavy atom. The highest BCUT2D eigenvalue weighted by atomic mass is 35.5. The standard InChI is InChI=1S/C16H12ClN5/c1-9-15-20-21-16(11-4-2-3-5-12(11)17)22(15)14-8-10(18)6-7-13(14)19-9/h2-8H,18H2,1H3. The smallest absolute Gasteiger partial charge is 0.183 e. The Morgan fingerprint density at radius 2 is 1.91 bits per heavy atom. The molecule has 0 radical (unpaired) electrons. The van der Waals surface area contributed by atoms with Crippen LogP contribution in [0.3, 0.4) is 0 Å². The fourth-order valence-corrected chi connectivity index (χ4v) is 2.83. The van der Waals surface area contributed by atoms with E-state index in [1.165, 1.54) is 0 Å². The predicted molar refractivity (Wildman–Crippen MR) is 87.9 cm³/mol. The van der Waals surface area contributed by atoms with Crippen LogP contribution >= 0.6 is 11.6 Å². The third-order valence-electron chi connectivity index (χ3n) is 3.63. The number of benzene rings is 2. The first-order valence-corrected chi connectivity index (χ1v) is 7.19. The number of aromatic nitrogens is 4. The first-order valence-electron chi connectivity index (χ1n) is 6.81. The molecule has 0 aliphatic heterocycles. The number of aryl methyl sites for hydroxylation is 1. The maximum absolute atomic E-state index is 6.32. The zero-order valence-corrected chi connectivity index (χ0v) is 12.5. The van der Waals surface area contributed by atoms with Crippen LogP contribution in [0.1, 0.15) is 5.69 Å². The third kappa shape index (κ3) is 1.83. The van der Waals surface area contributed by atoms with Crippen LogP contribution in [0.5, 0.6) is 0 Å². The molecule has 2 aromatic heterocycles. The molecule has 0 aliphatic rings. The van der Waals surface area contributed by atoms with Crippen LogP contribution in [0.4, 0.5) is 5.69 Å². The van der Waals surface area contributed by atoms with Crippen LogP contribution in [0.2, 0.25) is 5.02 Å². The van der Waals surface area contributed by atoms with Crippen molar-refractivity contribution in [2.24, 2.45) is 0 Å². The van der Waals surface area contributed by atoms with E-state index in [0.29, 0.717) is 22.2 Å². The van der Waals surface area contributed by atoms with Crippen molar-refractivity contribution in [3.8, 4) is 11.4 Å². The van der Waals surface area contributed by atoms with E-state index in [0.717, 1.165) is 22.3 Å². The number of anilines is 1. The number of nitrogens with zero attached hydrogens (tertiary/aromatic N) is 4. The first kappa shape index (κ1) is 13.0. The molecule has 0 unspecified atom stereocenters. The molecule has 0 saturated heterocycles. The van der Waals surface area contributed by atoms with Crippen LogP contribution in [-0.2, 0) is 0 Å². The van der Waals surface area contributed by atoms with E-state index in [-0.39, 0.29) is 0 Å². The van der Waals surface area contributed by atoms with Gasteiger partial charge in [0.2, 0.25) is 0 Å². The minimum absolute atomic E-state index is 0.628. The van der Waals surface area contributed by atoms with Crippen molar-refractivity contribution in [3.63, 3.8) is 0 Å². The molecule has 2 N–H and O–H groups in total. The predicted octanol–water partition coefficient (Wildman–Crippen LogP) is 3.49. The SMILES string of the molecule is Cc1nc2ccc(N)cc2n2c(-c3ccccc3Cl)nnc12. The van der Waals surface area contributed by atoms with E-state index >= 15 is 0 Å². The van der Waals surface area contributed by atoms with E-state index in [1.807, 2.05) is 53.8 Å². The van der Waals surface area contributed by atoms with Gasteiger partial charge >= 0.3 is 0 Å². The van der Waals surface area contributed by atoms with Crippen LogP contribution in [-0.4, -0.2) is 19.6 Å². The van der Waals surface area contributed by atoms with E-state index in [1.54, 1.807) is 0 Å². The fraction of sp³-hybridized carbons (Fsp3) is 0.0625. The lowest BCUT2D eigenvalue weighted by Crippen LogP contribution is -1.98. The molecule has 108 valence electrons. The molecule has 0 fully saturated rings. The van der Waals surface area contributed by atoms with Crippen molar-refractivity contribution in [1.82, 2.24) is 19.6 Å². The molecule has 2 aromatic carbocycles. The Bertz CT molecular complexity index is 1020. The van der Waals surface area contributed by atoms with Gasteiger partial charge in [0, 0.05) is 11.3 Å². The number of hydrogen-bond acceptors (Lipinski definition) is 4. The number of nitrogen functional groups attached to an aromatic ring is 1. The van der Waals surface area contributed by atoms with Crippen molar-refractivity contribution in [3.05, 3.63) is 53.2 Å². The van der Waals surface area contributed by atoms with E-state index in [4.69, 9.17) is 17.3 Å². The molecule has 22 heavy (non-hydrogen) atoms. The quantitative estimate of drug-likeness (QED) is 0.546. The van der Waals surface area contributed by atoms with Crippen molar-refractivity contribution in [2.75, 3.05) is 5.73 Å². The minimum atomic E-state index is 0.628. The van der Waals surface area contributed by atoms with Gasteiger partial charge in [-0.05, 0) is 37.3 Å². The summed E-state index contributed by atoms with van der Waals surface area (Å²) in [6.45, 7) is 1.91. The Hall–Kier alpha value is -2.66. The molecule has 2 heterocycles. The monoisotopic (exact) mass is 309 g/mol. The van der Waals surface area contributed by atoms with Crippen LogP contribution in [0.15, 0.2) is 42.5 Å². The summed E-state index contributed by atoms with van der Waals surface area (Å²) in [6.07, 6.45) is 0. The lowest BCUT2D eigenvalue weighted by atomic mass is 10.2. The van der Waals surface area contributed by atoms with Gasteiger partial charge in [-0.3, -0.25) is 4.40 Å². The second kappa shape index (κ2) is 4.68. The van der Waals surface area contributed by atoms with Gasteiger partial charge < -0.3 is 5.73 Å². The molecular formula is C16H12ClN5. The molecule has 0 atom stereocenters. The number of rotatable bonds is 1. The van der Waals surface area contributed by atoms with Gasteiger partial charge in [-0.25, -0.2) is 4.98 Å². The van der Waals surface area contributed by atoms with Gasteiger partial charge in [0.1, 0.15) is 0 Å². The molecule has 6 heteroatoms. The average Bonchev–Trinajstić information content (AvgIpc) is 2.94. The molecule has 0 amide bonds. The van der Waals surface area contributed by atoms with Crippen LogP contribution in [0, 0.1) is 6.92 Å². The maximum Gasteiger partial charge on any atom is 0.183 e. The van der Waals surface area contributed by atoms with Crippen molar-refractivity contribution >= 4 is 34.0 Å². The molecule has 0 aliphatic carbocycles. The highest BCUT2D eigenvalue weighted by Gasteiger charge is 2.16. The van der Waals surface area contributed by atoms with Gasteiger partial charge in [-0.15, -0.1) is 10.2 Å². The lowest BCUT2D eigenvalue weighted by Gasteiger charge is -2.08. The second-order valence-electron chi connectivity index (χ2n) is 5.11. The van der Waals surface area contributed by atoms with Gasteiger partial charge in [-0.1, -0.05) is 23.7 Å². The summed E-state index contributed by atoms with van der Waals surface area (Å²) in [5.74, 6) is 0.682. The lowest BCUT2D eigenvalue weighted by molar-refractivity contribution is 1.11. The Kier molecular flexibility index (Phi) is 2.77. The van der Waals surface area contributed by atoms with Crippen LogP contribution in [0.25, 0.3) is 28.1 Å². The fourth-order valence-electron chi connectivity index (χ4n) is 2.61. The second-order valence-corrected chi connectivity index (χ2v) is 5.52. The maximum atomic E-state index is 6.32. The Balaban J connectivity index is 2.19. The summed E-state index contributed by atoms with van der Waals surface area (Å²) in [5, 5.41) is 9.21. The molecule has 4 rings (SSSR count). The van der Waals surface area contributed by atoms with Gasteiger partial charge in [0.15, 0.2) is 11.5 Å². The van der Waals surface area contributed by atoms with Crippen molar-refractivity contribution in [1.29, 1.82) is 0 Å². The van der Waals surface area contributed by atoms with Crippen LogP contribution < -0.4 is 5.73 Å². The first-order chi connectivity index (χ1) is 10.6. The molecule has 0 bridgehead atoms. The zero-order chi connectivity index (χ0) is 15.3. The topological polar surface area (TPSA) is 69.1 Å². The van der Waals surface area contributed by atoms with Gasteiger partial charge in [-0.2, -0.15) is 0 Å². The van der Waals surface area contributed by atoms with Crippen molar-refractivity contribution in [2.45, 2.75) is 6.92 Å². The summed E-state index contributed by atoms with van der Waals surface area (Å²) in [6, 6.07) is 13.2. The van der Waals surface area contributed by atoms with Gasteiger partial charge in [0.05, 0.1) is 21.7 Å². The zero-order valence-electron chi connectivity index (χ0n) is 11.8. The van der Waals surface area contributed by atoms with Gasteiger partial charge in [0.25, 0.3) is 0 Å². The summed E-state index contributed by atoms with van der Waals surface area (Å²) in [4.78, 5) is 4.56. The Morgan fingerprint density at radius 3 is 2.73 bits per heavy atom. The molecular weight excluding hydrogens is 298 g/mol. The largest absolute Gasteiger partial charge is 0.399 e. The number of nitrogens with two attached hydrogens (primary N) is 1. The average molecular weight is 310 g/mol. The molecule has 0 saturated carbocycles. The summed E-state index contributed by atoms with van der Waals surface area (Å²) < 4.78 is 1.95. The normalized spacial score (nSPS) is 11.4. The van der Waals surface area contributed by atoms with Crippen molar-refractivity contribution < 1.29 is 0 Å². The Labute approximate surface area is 131 Å². The molecule has 5 nitrogen and oxygen atoms in total. The summed E-state index contributed by atoms with van der Waals surface area (Å²) in [5.41, 5.74) is 10.6. The summed E-state index contributed by atoms with van der Waals surface area (Å²) >= 11 is 6.32. The summed E-state index contributed by atoms with van der Waals surface area (Å²) in [7, 11) is 0.